The van der Waals surface area contributed by atoms with Crippen LogP contribution in [0, 0.1) is 0 Å². The van der Waals surface area contributed by atoms with Gasteiger partial charge in [-0.1, -0.05) is 22.9 Å². The molecule has 2 heterocycles. The van der Waals surface area contributed by atoms with E-state index in [0.717, 1.165) is 30.3 Å². The number of benzene rings is 1. The second kappa shape index (κ2) is 5.85. The molecular weight excluding hydrogens is 296 g/mol. The number of halogens is 1. The molecule has 3 rings (SSSR count). The van der Waals surface area contributed by atoms with Crippen LogP contribution in [0.25, 0.3) is 5.69 Å². The molecule has 0 saturated carbocycles. The van der Waals surface area contributed by atoms with Gasteiger partial charge in [-0.05, 0) is 18.2 Å². The fourth-order valence-corrected chi connectivity index (χ4v) is 3.12. The summed E-state index contributed by atoms with van der Waals surface area (Å²) >= 11 is 7.81. The number of amides is 1. The maximum absolute atomic E-state index is 12.3. The lowest BCUT2D eigenvalue weighted by atomic mass is 10.3. The molecule has 0 N–H and O–H groups in total. The Morgan fingerprint density at radius 1 is 1.30 bits per heavy atom. The second-order valence-electron chi connectivity index (χ2n) is 4.43. The Morgan fingerprint density at radius 2 is 2.10 bits per heavy atom. The van der Waals surface area contributed by atoms with Crippen molar-refractivity contribution in [1.29, 1.82) is 0 Å². The van der Waals surface area contributed by atoms with Crippen molar-refractivity contribution in [3.63, 3.8) is 0 Å². The molecule has 5 nitrogen and oxygen atoms in total. The molecule has 0 spiro atoms. The molecule has 7 heteroatoms. The first-order valence-electron chi connectivity index (χ1n) is 6.29. The Balaban J connectivity index is 1.81. The number of hydrogen-bond donors (Lipinski definition) is 0. The lowest BCUT2D eigenvalue weighted by Crippen LogP contribution is -2.38. The summed E-state index contributed by atoms with van der Waals surface area (Å²) < 4.78 is 1.57. The summed E-state index contributed by atoms with van der Waals surface area (Å²) in [4.78, 5) is 14.1. The van der Waals surface area contributed by atoms with Crippen LogP contribution >= 0.6 is 23.4 Å². The Labute approximate surface area is 125 Å². The third-order valence-corrected chi connectivity index (χ3v) is 4.26. The van der Waals surface area contributed by atoms with E-state index in [4.69, 9.17) is 11.6 Å². The molecule has 1 saturated heterocycles. The van der Waals surface area contributed by atoms with Gasteiger partial charge in [0.2, 0.25) is 0 Å². The van der Waals surface area contributed by atoms with Gasteiger partial charge in [0.1, 0.15) is 0 Å². The lowest BCUT2D eigenvalue weighted by molar-refractivity contribution is 0.0766. The standard InChI is InChI=1S/C13H13ClN4OS/c14-10-2-1-3-11(8-10)18-9-12(15-16-18)13(19)17-4-6-20-7-5-17/h1-3,8-9H,4-7H2. The number of carbonyl (C=O) groups is 1. The molecule has 0 bridgehead atoms. The topological polar surface area (TPSA) is 51.0 Å². The van der Waals surface area contributed by atoms with Crippen LogP contribution < -0.4 is 0 Å². The summed E-state index contributed by atoms with van der Waals surface area (Å²) in [5.41, 5.74) is 1.16. The van der Waals surface area contributed by atoms with Gasteiger partial charge in [0.15, 0.2) is 5.69 Å². The molecule has 1 aromatic heterocycles. The molecule has 0 atom stereocenters. The highest BCUT2D eigenvalue weighted by Gasteiger charge is 2.21. The minimum absolute atomic E-state index is 0.0569. The molecule has 1 aliphatic heterocycles. The lowest BCUT2D eigenvalue weighted by Gasteiger charge is -2.25. The zero-order valence-corrected chi connectivity index (χ0v) is 12.3. The summed E-state index contributed by atoms with van der Waals surface area (Å²) in [6.07, 6.45) is 1.65. The van der Waals surface area contributed by atoms with Crippen molar-refractivity contribution in [1.82, 2.24) is 19.9 Å². The summed E-state index contributed by atoms with van der Waals surface area (Å²) in [6.45, 7) is 1.54. The molecule has 2 aromatic rings. The van der Waals surface area contributed by atoms with Gasteiger partial charge in [-0.3, -0.25) is 4.79 Å². The van der Waals surface area contributed by atoms with Gasteiger partial charge in [-0.2, -0.15) is 11.8 Å². The first-order valence-corrected chi connectivity index (χ1v) is 7.82. The fourth-order valence-electron chi connectivity index (χ4n) is 2.04. The largest absolute Gasteiger partial charge is 0.336 e. The summed E-state index contributed by atoms with van der Waals surface area (Å²) in [6, 6.07) is 7.27. The van der Waals surface area contributed by atoms with Gasteiger partial charge in [-0.25, -0.2) is 4.68 Å². The van der Waals surface area contributed by atoms with Crippen molar-refractivity contribution < 1.29 is 4.79 Å². The normalized spacial score (nSPS) is 15.3. The van der Waals surface area contributed by atoms with Crippen LogP contribution in [0.2, 0.25) is 5.02 Å². The minimum Gasteiger partial charge on any atom is -0.336 e. The van der Waals surface area contributed by atoms with E-state index in [0.29, 0.717) is 10.7 Å². The average molecular weight is 309 g/mol. The Kier molecular flexibility index (Phi) is 3.93. The van der Waals surface area contributed by atoms with Crippen LogP contribution in [-0.2, 0) is 0 Å². The Hall–Kier alpha value is -1.53. The van der Waals surface area contributed by atoms with E-state index in [1.165, 1.54) is 0 Å². The molecule has 1 aromatic carbocycles. The smallest absolute Gasteiger partial charge is 0.276 e. The van der Waals surface area contributed by atoms with E-state index in [2.05, 4.69) is 10.3 Å². The van der Waals surface area contributed by atoms with Crippen molar-refractivity contribution in [2.24, 2.45) is 0 Å². The van der Waals surface area contributed by atoms with Crippen LogP contribution in [0.1, 0.15) is 10.5 Å². The third-order valence-electron chi connectivity index (χ3n) is 3.08. The van der Waals surface area contributed by atoms with Crippen molar-refractivity contribution in [3.05, 3.63) is 41.2 Å². The van der Waals surface area contributed by atoms with Crippen LogP contribution in [0.4, 0.5) is 0 Å². The number of nitrogens with zero attached hydrogens (tertiary/aromatic N) is 4. The fraction of sp³-hybridized carbons (Fsp3) is 0.308. The van der Waals surface area contributed by atoms with E-state index in [1.807, 2.05) is 28.8 Å². The number of aromatic nitrogens is 3. The molecule has 1 aliphatic rings. The molecule has 20 heavy (non-hydrogen) atoms. The maximum Gasteiger partial charge on any atom is 0.276 e. The second-order valence-corrected chi connectivity index (χ2v) is 6.09. The van der Waals surface area contributed by atoms with Gasteiger partial charge in [0, 0.05) is 29.6 Å². The summed E-state index contributed by atoms with van der Waals surface area (Å²) in [5.74, 6) is 1.90. The monoisotopic (exact) mass is 308 g/mol. The van der Waals surface area contributed by atoms with Gasteiger partial charge in [0.05, 0.1) is 11.9 Å². The maximum atomic E-state index is 12.3. The zero-order chi connectivity index (χ0) is 13.9. The molecule has 1 fully saturated rings. The Morgan fingerprint density at radius 3 is 2.85 bits per heavy atom. The van der Waals surface area contributed by atoms with E-state index in [9.17, 15) is 4.79 Å². The highest BCUT2D eigenvalue weighted by atomic mass is 35.5. The van der Waals surface area contributed by atoms with Gasteiger partial charge < -0.3 is 4.90 Å². The molecule has 0 aliphatic carbocycles. The Bertz CT molecular complexity index is 624. The minimum atomic E-state index is -0.0569. The summed E-state index contributed by atoms with van der Waals surface area (Å²) in [5, 5.41) is 8.59. The highest BCUT2D eigenvalue weighted by molar-refractivity contribution is 7.99. The van der Waals surface area contributed by atoms with Crippen LogP contribution in [0.3, 0.4) is 0 Å². The van der Waals surface area contributed by atoms with E-state index in [1.54, 1.807) is 23.0 Å². The van der Waals surface area contributed by atoms with Crippen molar-refractivity contribution in [2.75, 3.05) is 24.6 Å². The number of rotatable bonds is 2. The van der Waals surface area contributed by atoms with E-state index in [-0.39, 0.29) is 5.91 Å². The van der Waals surface area contributed by atoms with Crippen molar-refractivity contribution in [2.45, 2.75) is 0 Å². The SMILES string of the molecule is O=C(c1cn(-c2cccc(Cl)c2)nn1)N1CCSCC1. The highest BCUT2D eigenvalue weighted by Crippen LogP contribution is 2.15. The van der Waals surface area contributed by atoms with E-state index >= 15 is 0 Å². The number of carbonyl (C=O) groups excluding carboxylic acids is 1. The molecule has 104 valence electrons. The van der Waals surface area contributed by atoms with Gasteiger partial charge in [0.25, 0.3) is 5.91 Å². The van der Waals surface area contributed by atoms with Crippen LogP contribution in [0.15, 0.2) is 30.5 Å². The van der Waals surface area contributed by atoms with Gasteiger partial charge >= 0.3 is 0 Å². The first kappa shape index (κ1) is 13.5. The summed E-state index contributed by atoms with van der Waals surface area (Å²) in [7, 11) is 0. The number of hydrogen-bond acceptors (Lipinski definition) is 4. The predicted octanol–water partition coefficient (Wildman–Crippen LogP) is 2.11. The van der Waals surface area contributed by atoms with Crippen molar-refractivity contribution >= 4 is 29.3 Å². The average Bonchev–Trinajstić information content (AvgIpc) is 2.97. The molecule has 0 radical (unpaired) electrons. The molecule has 1 amide bonds. The van der Waals surface area contributed by atoms with E-state index < -0.39 is 0 Å². The quantitative estimate of drug-likeness (QED) is 0.852. The zero-order valence-electron chi connectivity index (χ0n) is 10.7. The van der Waals surface area contributed by atoms with Crippen LogP contribution in [0.5, 0.6) is 0 Å². The molecular formula is C13H13ClN4OS. The van der Waals surface area contributed by atoms with Crippen molar-refractivity contribution in [3.8, 4) is 5.69 Å². The molecule has 0 unspecified atom stereocenters. The number of thioether (sulfide) groups is 1. The first-order chi connectivity index (χ1) is 9.74. The van der Waals surface area contributed by atoms with Gasteiger partial charge in [-0.15, -0.1) is 5.10 Å². The predicted molar refractivity (Wildman–Crippen MR) is 79.6 cm³/mol. The third kappa shape index (κ3) is 2.81. The van der Waals surface area contributed by atoms with Crippen LogP contribution in [-0.4, -0.2) is 50.4 Å².